The summed E-state index contributed by atoms with van der Waals surface area (Å²) in [4.78, 5) is 13.2. The van der Waals surface area contributed by atoms with E-state index in [9.17, 15) is 13.2 Å². The number of piperazine rings is 1. The van der Waals surface area contributed by atoms with Crippen molar-refractivity contribution in [2.24, 2.45) is 4.99 Å². The molecule has 1 atom stereocenters. The van der Waals surface area contributed by atoms with Crippen molar-refractivity contribution in [1.29, 1.82) is 0 Å². The van der Waals surface area contributed by atoms with Crippen LogP contribution in [0.5, 0.6) is 5.75 Å². The molecule has 200 valence electrons. The van der Waals surface area contributed by atoms with E-state index in [-0.39, 0.29) is 36.5 Å². The van der Waals surface area contributed by atoms with Crippen LogP contribution in [-0.2, 0) is 12.6 Å². The fraction of sp³-hybridized carbons (Fsp3) is 0.360. The summed E-state index contributed by atoms with van der Waals surface area (Å²) in [7, 11) is 3.75. The first-order chi connectivity index (χ1) is 16.8. The number of rotatable bonds is 4. The van der Waals surface area contributed by atoms with Crippen LogP contribution >= 0.6 is 36.2 Å². The fourth-order valence-corrected chi connectivity index (χ4v) is 5.32. The Balaban J connectivity index is 0.00000190. The van der Waals surface area contributed by atoms with Crippen molar-refractivity contribution in [3.05, 3.63) is 64.8 Å². The maximum Gasteiger partial charge on any atom is 0.443 e. The average molecular weight is 575 g/mol. The summed E-state index contributed by atoms with van der Waals surface area (Å²) < 4.78 is 45.9. The molecule has 2 aromatic carbocycles. The summed E-state index contributed by atoms with van der Waals surface area (Å²) in [5.41, 5.74) is 2.81. The second kappa shape index (κ2) is 11.9. The van der Waals surface area contributed by atoms with Crippen LogP contribution in [0.3, 0.4) is 0 Å². The number of alkyl halides is 3. The van der Waals surface area contributed by atoms with Crippen LogP contribution in [0.1, 0.15) is 22.7 Å². The van der Waals surface area contributed by atoms with Crippen LogP contribution in [0, 0.1) is 0 Å². The number of para-hydroxylation sites is 2. The molecule has 0 saturated carbocycles. The molecule has 2 aliphatic rings. The number of fused-ring (bicyclic) bond motifs is 2. The maximum atomic E-state index is 13.5. The van der Waals surface area contributed by atoms with Gasteiger partial charge in [-0.15, -0.1) is 24.8 Å². The Morgan fingerprint density at radius 2 is 1.89 bits per heavy atom. The van der Waals surface area contributed by atoms with Crippen LogP contribution in [0.15, 0.2) is 53.5 Å². The van der Waals surface area contributed by atoms with Gasteiger partial charge >= 0.3 is 6.18 Å². The van der Waals surface area contributed by atoms with E-state index in [4.69, 9.17) is 9.73 Å². The number of aryl methyl sites for hydroxylation is 1. The number of aromatic nitrogens is 1. The van der Waals surface area contributed by atoms with E-state index >= 15 is 0 Å². The highest BCUT2D eigenvalue weighted by atomic mass is 35.5. The third kappa shape index (κ3) is 6.31. The van der Waals surface area contributed by atoms with Crippen molar-refractivity contribution in [3.8, 4) is 5.75 Å². The number of ether oxygens (including phenoxy) is 1. The molecule has 1 aromatic heterocycles. The second-order valence-corrected chi connectivity index (χ2v) is 9.74. The van der Waals surface area contributed by atoms with Gasteiger partial charge in [0.1, 0.15) is 16.4 Å². The van der Waals surface area contributed by atoms with Crippen molar-refractivity contribution in [1.82, 2.24) is 14.8 Å². The molecule has 0 spiro atoms. The molecule has 1 fully saturated rings. The molecule has 0 bridgehead atoms. The predicted molar refractivity (Wildman–Crippen MR) is 147 cm³/mol. The van der Waals surface area contributed by atoms with Crippen molar-refractivity contribution in [2.45, 2.75) is 25.1 Å². The number of benzene rings is 2. The normalized spacial score (nSPS) is 17.3. The zero-order valence-electron chi connectivity index (χ0n) is 20.3. The van der Waals surface area contributed by atoms with E-state index in [0.29, 0.717) is 46.6 Å². The van der Waals surface area contributed by atoms with E-state index in [1.165, 1.54) is 5.56 Å². The topological polar surface area (TPSA) is 53.0 Å². The number of nitrogens with zero attached hydrogens (tertiary/aromatic N) is 4. The molecule has 0 amide bonds. The van der Waals surface area contributed by atoms with E-state index in [0.717, 1.165) is 25.1 Å². The Morgan fingerprint density at radius 1 is 1.11 bits per heavy atom. The van der Waals surface area contributed by atoms with Gasteiger partial charge < -0.3 is 15.0 Å². The molecule has 3 heterocycles. The van der Waals surface area contributed by atoms with Crippen LogP contribution in [-0.4, -0.2) is 60.5 Å². The number of halogens is 5. The van der Waals surface area contributed by atoms with Gasteiger partial charge in [-0.3, -0.25) is 4.90 Å². The summed E-state index contributed by atoms with van der Waals surface area (Å²) in [5.74, 6) is 1.32. The molecule has 12 heteroatoms. The highest BCUT2D eigenvalue weighted by Crippen LogP contribution is 2.42. The smallest absolute Gasteiger partial charge is 0.443 e. The summed E-state index contributed by atoms with van der Waals surface area (Å²) in [6, 6.07) is 15.6. The standard InChI is InChI=1S/C25H26F3N5OS.2ClH/c1-32-12-13-33(15-17(32)11-10-16-6-5-7-18(14-16)34-2)22-21-23(35-24(31-21)25(26,27)28)30-20-9-4-3-8-19(20)29-22;;/h3-9,14,17,30H,10-13,15H2,1-2H3;2*1H/t17-;;/m0../s1. The minimum absolute atomic E-state index is 0. The lowest BCUT2D eigenvalue weighted by atomic mass is 10.0. The van der Waals surface area contributed by atoms with Crippen molar-refractivity contribution in [2.75, 3.05) is 39.1 Å². The van der Waals surface area contributed by atoms with Crippen LogP contribution < -0.4 is 10.1 Å². The molecule has 6 nitrogen and oxygen atoms in total. The number of nitrogens with one attached hydrogen (secondary N) is 1. The van der Waals surface area contributed by atoms with Crippen LogP contribution in [0.2, 0.25) is 0 Å². The number of amidine groups is 1. The van der Waals surface area contributed by atoms with Gasteiger partial charge in [-0.1, -0.05) is 35.6 Å². The minimum Gasteiger partial charge on any atom is -0.497 e. The number of hydrogen-bond acceptors (Lipinski definition) is 7. The zero-order valence-corrected chi connectivity index (χ0v) is 22.7. The molecular weight excluding hydrogens is 546 g/mol. The van der Waals surface area contributed by atoms with Crippen molar-refractivity contribution < 1.29 is 17.9 Å². The Kier molecular flexibility index (Phi) is 9.33. The fourth-order valence-electron chi connectivity index (χ4n) is 4.48. The first-order valence-electron chi connectivity index (χ1n) is 11.4. The molecular formula is C25H28Cl2F3N5OS. The molecule has 0 radical (unpaired) electrons. The molecule has 0 aliphatic carbocycles. The highest BCUT2D eigenvalue weighted by molar-refractivity contribution is 7.16. The third-order valence-electron chi connectivity index (χ3n) is 6.44. The van der Waals surface area contributed by atoms with Crippen molar-refractivity contribution in [3.63, 3.8) is 0 Å². The number of thiazole rings is 1. The molecule has 3 aromatic rings. The first-order valence-corrected chi connectivity index (χ1v) is 12.2. The number of methoxy groups -OCH3 is 1. The minimum atomic E-state index is -4.51. The number of anilines is 2. The Labute approximate surface area is 230 Å². The van der Waals surface area contributed by atoms with Gasteiger partial charge in [0.05, 0.1) is 18.5 Å². The van der Waals surface area contributed by atoms with Crippen LogP contribution in [0.25, 0.3) is 0 Å². The van der Waals surface area contributed by atoms with Gasteiger partial charge in [-0.25, -0.2) is 9.98 Å². The van der Waals surface area contributed by atoms with Gasteiger partial charge in [-0.05, 0) is 49.7 Å². The molecule has 1 saturated heterocycles. The molecule has 0 unspecified atom stereocenters. The largest absolute Gasteiger partial charge is 0.497 e. The van der Waals surface area contributed by atoms with Gasteiger partial charge in [-0.2, -0.15) is 13.2 Å². The van der Waals surface area contributed by atoms with Gasteiger partial charge in [0.2, 0.25) is 5.01 Å². The Hall–Kier alpha value is -2.53. The summed E-state index contributed by atoms with van der Waals surface area (Å²) in [5, 5.41) is 2.63. The Morgan fingerprint density at radius 3 is 2.65 bits per heavy atom. The summed E-state index contributed by atoms with van der Waals surface area (Å²) >= 11 is 0.622. The first kappa shape index (κ1) is 29.0. The zero-order chi connectivity index (χ0) is 24.6. The molecule has 5 rings (SSSR count). The van der Waals surface area contributed by atoms with Gasteiger partial charge in [0, 0.05) is 25.7 Å². The van der Waals surface area contributed by atoms with Crippen LogP contribution in [0.4, 0.5) is 29.5 Å². The maximum absolute atomic E-state index is 13.5. The number of aliphatic imine (C=N–C) groups is 1. The predicted octanol–water partition coefficient (Wildman–Crippen LogP) is 6.40. The summed E-state index contributed by atoms with van der Waals surface area (Å²) in [6.07, 6.45) is -2.73. The average Bonchev–Trinajstić information content (AvgIpc) is 3.21. The Bertz CT molecular complexity index is 1250. The molecule has 37 heavy (non-hydrogen) atoms. The van der Waals surface area contributed by atoms with E-state index in [1.54, 1.807) is 7.11 Å². The van der Waals surface area contributed by atoms with E-state index in [1.807, 2.05) is 42.5 Å². The quantitative estimate of drug-likeness (QED) is 0.391. The molecule has 2 aliphatic heterocycles. The lowest BCUT2D eigenvalue weighted by Gasteiger charge is -2.40. The summed E-state index contributed by atoms with van der Waals surface area (Å²) in [6.45, 7) is 2.09. The van der Waals surface area contributed by atoms with Gasteiger partial charge in [0.25, 0.3) is 0 Å². The highest BCUT2D eigenvalue weighted by Gasteiger charge is 2.39. The molecule has 1 N–H and O–H groups in total. The lowest BCUT2D eigenvalue weighted by Crippen LogP contribution is -2.53. The van der Waals surface area contributed by atoms with E-state index in [2.05, 4.69) is 33.2 Å². The lowest BCUT2D eigenvalue weighted by molar-refractivity contribution is -0.137. The third-order valence-corrected chi connectivity index (χ3v) is 7.45. The number of likely N-dealkylation sites (N-methyl/N-ethyl adjacent to an activating group) is 1. The van der Waals surface area contributed by atoms with Gasteiger partial charge in [0.15, 0.2) is 5.84 Å². The number of hydrogen-bond donors (Lipinski definition) is 1. The second-order valence-electron chi connectivity index (χ2n) is 8.74. The monoisotopic (exact) mass is 573 g/mol. The van der Waals surface area contributed by atoms with E-state index < -0.39 is 11.2 Å². The van der Waals surface area contributed by atoms with Crippen molar-refractivity contribution >= 4 is 58.4 Å². The SMILES string of the molecule is COc1cccc(CC[C@H]2CN(C3=Nc4ccccc4Nc4sc(C(F)(F)F)nc43)CCN2C)c1.Cl.Cl.